The van der Waals surface area contributed by atoms with Crippen molar-refractivity contribution in [3.8, 4) is 0 Å². The molecular formula is C16H24ClNO. The molecule has 2 nitrogen and oxygen atoms in total. The monoisotopic (exact) mass is 281 g/mol. The molecule has 2 atom stereocenters. The third-order valence-electron chi connectivity index (χ3n) is 4.19. The molecule has 1 aromatic carbocycles. The van der Waals surface area contributed by atoms with E-state index >= 15 is 0 Å². The molecule has 1 fully saturated rings. The van der Waals surface area contributed by atoms with Crippen LogP contribution in [-0.4, -0.2) is 18.8 Å². The average molecular weight is 282 g/mol. The van der Waals surface area contributed by atoms with Gasteiger partial charge in [0.15, 0.2) is 0 Å². The molecule has 0 bridgehead atoms. The number of aryl methyl sites for hydroxylation is 2. The highest BCUT2D eigenvalue weighted by Gasteiger charge is 2.39. The molecule has 2 rings (SSSR count). The number of nitrogens with one attached hydrogen (secondary N) is 1. The summed E-state index contributed by atoms with van der Waals surface area (Å²) in [6, 6.07) is 4.43. The molecule has 0 aliphatic carbocycles. The highest BCUT2D eigenvalue weighted by atomic mass is 35.5. The number of ether oxygens (including phenoxy) is 1. The summed E-state index contributed by atoms with van der Waals surface area (Å²) in [4.78, 5) is 0. The number of hydrogen-bond donors (Lipinski definition) is 1. The highest BCUT2D eigenvalue weighted by Crippen LogP contribution is 2.40. The van der Waals surface area contributed by atoms with Crippen molar-refractivity contribution in [2.45, 2.75) is 52.2 Å². The summed E-state index contributed by atoms with van der Waals surface area (Å²) < 4.78 is 6.01. The van der Waals surface area contributed by atoms with E-state index < -0.39 is 0 Å². The summed E-state index contributed by atoms with van der Waals surface area (Å²) in [5.74, 6) is 0. The Hall–Kier alpha value is -0.570. The highest BCUT2D eigenvalue weighted by molar-refractivity contribution is 6.31. The number of rotatable bonds is 4. The van der Waals surface area contributed by atoms with Crippen molar-refractivity contribution in [3.63, 3.8) is 0 Å². The fraction of sp³-hybridized carbons (Fsp3) is 0.625. The van der Waals surface area contributed by atoms with Crippen LogP contribution in [-0.2, 0) is 4.74 Å². The Labute approximate surface area is 121 Å². The zero-order chi connectivity index (χ0) is 14.0. The summed E-state index contributed by atoms with van der Waals surface area (Å²) >= 11 is 6.48. The second kappa shape index (κ2) is 5.82. The smallest absolute Gasteiger partial charge is 0.0849 e. The Morgan fingerprint density at radius 1 is 1.37 bits per heavy atom. The zero-order valence-corrected chi connectivity index (χ0v) is 13.1. The first-order chi connectivity index (χ1) is 8.98. The molecular weight excluding hydrogens is 258 g/mol. The quantitative estimate of drug-likeness (QED) is 0.894. The number of likely N-dealkylation sites (N-methyl/N-ethyl adjacent to an activating group) is 1. The number of benzene rings is 1. The normalized spacial score (nSPS) is 24.7. The predicted octanol–water partition coefficient (Wildman–Crippen LogP) is 4.18. The van der Waals surface area contributed by atoms with Gasteiger partial charge in [-0.15, -0.1) is 0 Å². The minimum Gasteiger partial charge on any atom is -0.373 e. The maximum atomic E-state index is 6.48. The molecule has 106 valence electrons. The van der Waals surface area contributed by atoms with E-state index in [1.165, 1.54) is 11.1 Å². The Morgan fingerprint density at radius 2 is 2.05 bits per heavy atom. The van der Waals surface area contributed by atoms with E-state index in [1.807, 2.05) is 0 Å². The Morgan fingerprint density at radius 3 is 2.63 bits per heavy atom. The Kier molecular flexibility index (Phi) is 4.54. The van der Waals surface area contributed by atoms with Crippen molar-refractivity contribution in [3.05, 3.63) is 33.8 Å². The van der Waals surface area contributed by atoms with E-state index in [2.05, 4.69) is 45.1 Å². The first-order valence-corrected chi connectivity index (χ1v) is 7.49. The molecule has 1 aliphatic heterocycles. The van der Waals surface area contributed by atoms with Crippen molar-refractivity contribution < 1.29 is 4.74 Å². The van der Waals surface area contributed by atoms with Gasteiger partial charge in [-0.2, -0.15) is 0 Å². The molecule has 0 radical (unpaired) electrons. The fourth-order valence-electron chi connectivity index (χ4n) is 2.91. The molecule has 2 unspecified atom stereocenters. The molecule has 1 N–H and O–H groups in total. The summed E-state index contributed by atoms with van der Waals surface area (Å²) in [7, 11) is 0. The van der Waals surface area contributed by atoms with Crippen molar-refractivity contribution in [2.24, 2.45) is 0 Å². The van der Waals surface area contributed by atoms with Crippen molar-refractivity contribution in [1.82, 2.24) is 5.32 Å². The van der Waals surface area contributed by atoms with Crippen molar-refractivity contribution in [1.29, 1.82) is 0 Å². The molecule has 3 heteroatoms. The fourth-order valence-corrected chi connectivity index (χ4v) is 3.24. The van der Waals surface area contributed by atoms with E-state index in [0.29, 0.717) is 0 Å². The lowest BCUT2D eigenvalue weighted by Gasteiger charge is -2.35. The summed E-state index contributed by atoms with van der Waals surface area (Å²) in [5.41, 5.74) is 3.53. The van der Waals surface area contributed by atoms with E-state index in [9.17, 15) is 0 Å². The van der Waals surface area contributed by atoms with Crippen LogP contribution in [0.3, 0.4) is 0 Å². The van der Waals surface area contributed by atoms with Gasteiger partial charge in [0.2, 0.25) is 0 Å². The number of hydrogen-bond acceptors (Lipinski definition) is 2. The third-order valence-corrected chi connectivity index (χ3v) is 4.52. The van der Waals surface area contributed by atoms with Crippen molar-refractivity contribution >= 4 is 11.6 Å². The van der Waals surface area contributed by atoms with Gasteiger partial charge in [-0.3, -0.25) is 0 Å². The first kappa shape index (κ1) is 14.8. The molecule has 1 saturated heterocycles. The van der Waals surface area contributed by atoms with Gasteiger partial charge in [0.1, 0.15) is 0 Å². The standard InChI is InChI=1S/C16H24ClNO/c1-5-18-15(16(4)7-6-8-19-16)13-9-11(2)12(3)10-14(13)17/h9-10,15,18H,5-8H2,1-4H3. The topological polar surface area (TPSA) is 21.3 Å². The molecule has 1 heterocycles. The number of halogens is 1. The van der Waals surface area contributed by atoms with E-state index in [1.54, 1.807) is 0 Å². The van der Waals surface area contributed by atoms with Gasteiger partial charge in [-0.05, 0) is 62.9 Å². The van der Waals surface area contributed by atoms with Gasteiger partial charge in [0, 0.05) is 11.6 Å². The van der Waals surface area contributed by atoms with E-state index in [0.717, 1.165) is 36.6 Å². The lowest BCUT2D eigenvalue weighted by Crippen LogP contribution is -2.41. The lowest BCUT2D eigenvalue weighted by atomic mass is 9.86. The summed E-state index contributed by atoms with van der Waals surface area (Å²) in [6.07, 6.45) is 2.20. The maximum absolute atomic E-state index is 6.48. The van der Waals surface area contributed by atoms with Crippen LogP contribution in [0.5, 0.6) is 0 Å². The van der Waals surface area contributed by atoms with Crippen LogP contribution in [0.15, 0.2) is 12.1 Å². The van der Waals surface area contributed by atoms with Crippen LogP contribution in [0.2, 0.25) is 5.02 Å². The van der Waals surface area contributed by atoms with Gasteiger partial charge < -0.3 is 10.1 Å². The molecule has 0 amide bonds. The second-order valence-corrected chi connectivity index (χ2v) is 6.12. The molecule has 0 spiro atoms. The van der Waals surface area contributed by atoms with Gasteiger partial charge in [0.25, 0.3) is 0 Å². The van der Waals surface area contributed by atoms with Crippen LogP contribution in [0.1, 0.15) is 49.4 Å². The lowest BCUT2D eigenvalue weighted by molar-refractivity contribution is -0.0120. The summed E-state index contributed by atoms with van der Waals surface area (Å²) in [5, 5.41) is 4.40. The molecule has 19 heavy (non-hydrogen) atoms. The van der Waals surface area contributed by atoms with Gasteiger partial charge in [-0.25, -0.2) is 0 Å². The summed E-state index contributed by atoms with van der Waals surface area (Å²) in [6.45, 7) is 10.3. The third kappa shape index (κ3) is 2.96. The molecule has 0 aromatic heterocycles. The molecule has 1 aliphatic rings. The minimum atomic E-state index is -0.151. The second-order valence-electron chi connectivity index (χ2n) is 5.71. The van der Waals surface area contributed by atoms with E-state index in [4.69, 9.17) is 16.3 Å². The van der Waals surface area contributed by atoms with Crippen molar-refractivity contribution in [2.75, 3.05) is 13.2 Å². The largest absolute Gasteiger partial charge is 0.373 e. The Balaban J connectivity index is 2.41. The minimum absolute atomic E-state index is 0.151. The maximum Gasteiger partial charge on any atom is 0.0849 e. The predicted molar refractivity (Wildman–Crippen MR) is 80.9 cm³/mol. The molecule has 0 saturated carbocycles. The first-order valence-electron chi connectivity index (χ1n) is 7.12. The van der Waals surface area contributed by atoms with Crippen LogP contribution < -0.4 is 5.32 Å². The zero-order valence-electron chi connectivity index (χ0n) is 12.3. The van der Waals surface area contributed by atoms with E-state index in [-0.39, 0.29) is 11.6 Å². The SMILES string of the molecule is CCNC(c1cc(C)c(C)cc1Cl)C1(C)CCCO1. The van der Waals surface area contributed by atoms with Gasteiger partial charge >= 0.3 is 0 Å². The van der Waals surface area contributed by atoms with Crippen LogP contribution >= 0.6 is 11.6 Å². The van der Waals surface area contributed by atoms with Crippen LogP contribution in [0.4, 0.5) is 0 Å². The van der Waals surface area contributed by atoms with Gasteiger partial charge in [0.05, 0.1) is 11.6 Å². The Bertz CT molecular complexity index is 452. The average Bonchev–Trinajstić information content (AvgIpc) is 2.79. The molecule has 1 aromatic rings. The van der Waals surface area contributed by atoms with Gasteiger partial charge in [-0.1, -0.05) is 24.6 Å². The van der Waals surface area contributed by atoms with Crippen LogP contribution in [0, 0.1) is 13.8 Å². The van der Waals surface area contributed by atoms with Crippen LogP contribution in [0.25, 0.3) is 0 Å².